The molecule has 2 aromatic carbocycles. The van der Waals surface area contributed by atoms with Crippen molar-refractivity contribution in [2.45, 2.75) is 13.8 Å². The number of anilines is 1. The second kappa shape index (κ2) is 8.46. The van der Waals surface area contributed by atoms with Gasteiger partial charge in [-0.1, -0.05) is 0 Å². The molecule has 0 aliphatic carbocycles. The normalized spacial score (nSPS) is 10.3. The molecule has 1 heterocycles. The summed E-state index contributed by atoms with van der Waals surface area (Å²) in [7, 11) is 0. The van der Waals surface area contributed by atoms with Crippen molar-refractivity contribution < 1.29 is 19.1 Å². The fourth-order valence-electron chi connectivity index (χ4n) is 2.33. The molecule has 7 heteroatoms. The summed E-state index contributed by atoms with van der Waals surface area (Å²) in [5, 5.41) is 5.05. The minimum atomic E-state index is -0.532. The summed E-state index contributed by atoms with van der Waals surface area (Å²) >= 11 is 1.37. The van der Waals surface area contributed by atoms with E-state index in [4.69, 9.17) is 9.47 Å². The van der Waals surface area contributed by atoms with E-state index in [9.17, 15) is 9.59 Å². The molecule has 0 saturated carbocycles. The van der Waals surface area contributed by atoms with E-state index >= 15 is 0 Å². The van der Waals surface area contributed by atoms with E-state index in [0.717, 1.165) is 16.3 Å². The van der Waals surface area contributed by atoms with Gasteiger partial charge in [-0.2, -0.15) is 0 Å². The van der Waals surface area contributed by atoms with Crippen LogP contribution in [0, 0.1) is 0 Å². The Kier molecular flexibility index (Phi) is 5.83. The highest BCUT2D eigenvalue weighted by Gasteiger charge is 2.14. The molecule has 0 fully saturated rings. The van der Waals surface area contributed by atoms with Crippen LogP contribution in [0.4, 0.5) is 5.69 Å². The smallest absolute Gasteiger partial charge is 0.363 e. The van der Waals surface area contributed by atoms with E-state index in [1.807, 2.05) is 31.2 Å². The molecule has 1 amide bonds. The Morgan fingerprint density at radius 1 is 1.04 bits per heavy atom. The lowest BCUT2D eigenvalue weighted by atomic mass is 10.2. The fourth-order valence-corrected chi connectivity index (χ4v) is 3.12. The third kappa shape index (κ3) is 4.92. The third-order valence-electron chi connectivity index (χ3n) is 3.51. The lowest BCUT2D eigenvalue weighted by molar-refractivity contribution is -0.114. The molecule has 1 aromatic heterocycles. The molecule has 0 atom stereocenters. The molecule has 0 spiro atoms. The van der Waals surface area contributed by atoms with Crippen LogP contribution in [0.25, 0.3) is 10.6 Å². The average molecular weight is 382 g/mol. The van der Waals surface area contributed by atoms with Gasteiger partial charge in [0.05, 0.1) is 6.61 Å². The summed E-state index contributed by atoms with van der Waals surface area (Å²) < 4.78 is 10.8. The molecule has 0 saturated heterocycles. The highest BCUT2D eigenvalue weighted by atomic mass is 32.1. The number of nitrogens with one attached hydrogen (secondary N) is 1. The molecule has 0 aliphatic rings. The number of thiazole rings is 1. The third-order valence-corrected chi connectivity index (χ3v) is 4.40. The number of carbonyl (C=O) groups is 2. The van der Waals surface area contributed by atoms with Crippen molar-refractivity contribution in [3.63, 3.8) is 0 Å². The van der Waals surface area contributed by atoms with Gasteiger partial charge in [0.15, 0.2) is 5.69 Å². The molecule has 3 rings (SSSR count). The van der Waals surface area contributed by atoms with Crippen LogP contribution >= 0.6 is 11.3 Å². The predicted molar refractivity (Wildman–Crippen MR) is 104 cm³/mol. The van der Waals surface area contributed by atoms with E-state index in [1.165, 1.54) is 18.3 Å². The number of benzene rings is 2. The van der Waals surface area contributed by atoms with Crippen molar-refractivity contribution in [1.82, 2.24) is 4.98 Å². The molecular weight excluding hydrogens is 364 g/mol. The van der Waals surface area contributed by atoms with Crippen molar-refractivity contribution in [2.75, 3.05) is 11.9 Å². The Bertz CT molecular complexity index is 933. The first-order valence-corrected chi connectivity index (χ1v) is 9.21. The second-order valence-corrected chi connectivity index (χ2v) is 6.45. The van der Waals surface area contributed by atoms with Crippen molar-refractivity contribution in [1.29, 1.82) is 0 Å². The molecule has 0 bridgehead atoms. The quantitative estimate of drug-likeness (QED) is 0.505. The number of rotatable bonds is 6. The first-order valence-electron chi connectivity index (χ1n) is 8.33. The van der Waals surface area contributed by atoms with Crippen LogP contribution in [0.1, 0.15) is 24.3 Å². The second-order valence-electron chi connectivity index (χ2n) is 5.59. The summed E-state index contributed by atoms with van der Waals surface area (Å²) in [6, 6.07) is 14.1. The number of hydrogen-bond donors (Lipinski definition) is 1. The van der Waals surface area contributed by atoms with Gasteiger partial charge in [0, 0.05) is 23.6 Å². The number of esters is 1. The number of carbonyl (C=O) groups excluding carboxylic acids is 2. The number of aromatic nitrogens is 1. The standard InChI is InChI=1S/C20H18N2O4S/c1-3-25-16-8-4-14(5-9-16)19-22-18(12-27-19)20(24)26-17-10-6-15(7-11-17)21-13(2)23/h4-12H,3H2,1-2H3,(H,21,23). The summed E-state index contributed by atoms with van der Waals surface area (Å²) in [5.41, 5.74) is 1.78. The topological polar surface area (TPSA) is 77.5 Å². The number of amides is 1. The summed E-state index contributed by atoms with van der Waals surface area (Å²) in [6.45, 7) is 3.97. The van der Waals surface area contributed by atoms with Crippen molar-refractivity contribution in [3.05, 3.63) is 59.6 Å². The van der Waals surface area contributed by atoms with E-state index in [2.05, 4.69) is 10.3 Å². The minimum absolute atomic E-state index is 0.163. The molecule has 27 heavy (non-hydrogen) atoms. The molecule has 6 nitrogen and oxygen atoms in total. The Labute approximate surface area is 160 Å². The van der Waals surface area contributed by atoms with Crippen molar-refractivity contribution in [2.24, 2.45) is 0 Å². The van der Waals surface area contributed by atoms with Crippen LogP contribution in [0.3, 0.4) is 0 Å². The van der Waals surface area contributed by atoms with Gasteiger partial charge < -0.3 is 14.8 Å². The lowest BCUT2D eigenvalue weighted by Crippen LogP contribution is -2.09. The van der Waals surface area contributed by atoms with Gasteiger partial charge in [-0.05, 0) is 55.5 Å². The maximum absolute atomic E-state index is 12.3. The van der Waals surface area contributed by atoms with Crippen LogP contribution in [0.2, 0.25) is 0 Å². The van der Waals surface area contributed by atoms with Crippen LogP contribution in [0.5, 0.6) is 11.5 Å². The summed E-state index contributed by atoms with van der Waals surface area (Å²) in [4.78, 5) is 27.7. The summed E-state index contributed by atoms with van der Waals surface area (Å²) in [6.07, 6.45) is 0. The Hall–Kier alpha value is -3.19. The molecule has 0 unspecified atom stereocenters. The first-order chi connectivity index (χ1) is 13.0. The van der Waals surface area contributed by atoms with Gasteiger partial charge in [0.1, 0.15) is 16.5 Å². The largest absolute Gasteiger partial charge is 0.494 e. The molecule has 138 valence electrons. The SMILES string of the molecule is CCOc1ccc(-c2nc(C(=O)Oc3ccc(NC(C)=O)cc3)cs2)cc1. The average Bonchev–Trinajstić information content (AvgIpc) is 3.14. The zero-order valence-electron chi connectivity index (χ0n) is 14.9. The van der Waals surface area contributed by atoms with Crippen molar-refractivity contribution >= 4 is 28.9 Å². The maximum atomic E-state index is 12.3. The predicted octanol–water partition coefficient (Wildman–Crippen LogP) is 4.39. The number of nitrogens with zero attached hydrogens (tertiary/aromatic N) is 1. The first kappa shape index (κ1) is 18.6. The lowest BCUT2D eigenvalue weighted by Gasteiger charge is -2.05. The van der Waals surface area contributed by atoms with Gasteiger partial charge in [-0.25, -0.2) is 9.78 Å². The highest BCUT2D eigenvalue weighted by Crippen LogP contribution is 2.26. The Morgan fingerprint density at radius 3 is 2.33 bits per heavy atom. The van der Waals surface area contributed by atoms with Crippen molar-refractivity contribution in [3.8, 4) is 22.1 Å². The number of hydrogen-bond acceptors (Lipinski definition) is 6. The van der Waals surface area contributed by atoms with Gasteiger partial charge >= 0.3 is 5.97 Å². The van der Waals surface area contributed by atoms with E-state index in [0.29, 0.717) is 18.0 Å². The minimum Gasteiger partial charge on any atom is -0.494 e. The molecule has 0 radical (unpaired) electrons. The van der Waals surface area contributed by atoms with Crippen LogP contribution in [0.15, 0.2) is 53.9 Å². The van der Waals surface area contributed by atoms with E-state index < -0.39 is 5.97 Å². The van der Waals surface area contributed by atoms with Crippen LogP contribution in [-0.2, 0) is 4.79 Å². The number of ether oxygens (including phenoxy) is 2. The zero-order valence-corrected chi connectivity index (χ0v) is 15.7. The van der Waals surface area contributed by atoms with Gasteiger partial charge in [-0.15, -0.1) is 11.3 Å². The molecule has 1 N–H and O–H groups in total. The van der Waals surface area contributed by atoms with E-state index in [1.54, 1.807) is 29.6 Å². The summed E-state index contributed by atoms with van der Waals surface area (Å²) in [5.74, 6) is 0.476. The zero-order chi connectivity index (χ0) is 19.2. The Morgan fingerprint density at radius 2 is 1.70 bits per heavy atom. The van der Waals surface area contributed by atoms with Crippen LogP contribution in [-0.4, -0.2) is 23.5 Å². The van der Waals surface area contributed by atoms with Gasteiger partial charge in [0.2, 0.25) is 5.91 Å². The maximum Gasteiger partial charge on any atom is 0.363 e. The fraction of sp³-hybridized carbons (Fsp3) is 0.150. The molecule has 3 aromatic rings. The molecular formula is C20H18N2O4S. The van der Waals surface area contributed by atoms with Gasteiger partial charge in [0.25, 0.3) is 0 Å². The molecule has 0 aliphatic heterocycles. The monoisotopic (exact) mass is 382 g/mol. The Balaban J connectivity index is 1.66. The highest BCUT2D eigenvalue weighted by molar-refractivity contribution is 7.13. The van der Waals surface area contributed by atoms with Gasteiger partial charge in [-0.3, -0.25) is 4.79 Å². The van der Waals surface area contributed by atoms with E-state index in [-0.39, 0.29) is 11.6 Å². The van der Waals surface area contributed by atoms with Crippen LogP contribution < -0.4 is 14.8 Å².